The largest absolute Gasteiger partial charge is 0.336 e. The SMILES string of the molecule is O=C(c1ccc(-c2cccc3ccnn23)nc1)N1CCCCC1CCn1cccn1. The van der Waals surface area contributed by atoms with Gasteiger partial charge >= 0.3 is 0 Å². The summed E-state index contributed by atoms with van der Waals surface area (Å²) in [5, 5.41) is 8.65. The minimum Gasteiger partial charge on any atom is -0.336 e. The topological polar surface area (TPSA) is 68.3 Å². The van der Waals surface area contributed by atoms with E-state index in [0.29, 0.717) is 5.56 Å². The zero-order chi connectivity index (χ0) is 20.3. The monoisotopic (exact) mass is 400 g/mol. The van der Waals surface area contributed by atoms with Crippen molar-refractivity contribution < 1.29 is 4.79 Å². The second-order valence-electron chi connectivity index (χ2n) is 7.72. The molecular formula is C23H24N6O. The zero-order valence-corrected chi connectivity index (χ0v) is 16.8. The maximum atomic E-state index is 13.2. The Balaban J connectivity index is 1.34. The Bertz CT molecular complexity index is 1130. The lowest BCUT2D eigenvalue weighted by atomic mass is 9.98. The zero-order valence-electron chi connectivity index (χ0n) is 16.8. The fourth-order valence-corrected chi connectivity index (χ4v) is 4.26. The summed E-state index contributed by atoms with van der Waals surface area (Å²) in [5.74, 6) is 0.0662. The standard InChI is InChI=1S/C23H24N6O/c30-23(28-15-2-1-5-19(28)11-16-27-14-4-12-25-27)18-8-9-21(24-17-18)22-7-3-6-20-10-13-26-29(20)22/h3-4,6-10,12-14,17,19H,1-2,5,11,15-16H2. The molecule has 4 aromatic rings. The Morgan fingerprint density at radius 1 is 1.03 bits per heavy atom. The van der Waals surface area contributed by atoms with Gasteiger partial charge in [-0.15, -0.1) is 0 Å². The Labute approximate surface area is 175 Å². The minimum absolute atomic E-state index is 0.0662. The molecule has 7 heteroatoms. The Kier molecular flexibility index (Phi) is 5.01. The Hall–Kier alpha value is -3.48. The number of aromatic nitrogens is 5. The molecule has 1 atom stereocenters. The third kappa shape index (κ3) is 3.58. The molecule has 30 heavy (non-hydrogen) atoms. The van der Waals surface area contributed by atoms with Crippen LogP contribution in [0, 0.1) is 0 Å². The molecule has 0 radical (unpaired) electrons. The fourth-order valence-electron chi connectivity index (χ4n) is 4.26. The van der Waals surface area contributed by atoms with Gasteiger partial charge in [-0.2, -0.15) is 10.2 Å². The molecule has 5 rings (SSSR count). The van der Waals surface area contributed by atoms with Crippen LogP contribution in [0.1, 0.15) is 36.0 Å². The molecule has 7 nitrogen and oxygen atoms in total. The van der Waals surface area contributed by atoms with Gasteiger partial charge in [0.25, 0.3) is 5.91 Å². The summed E-state index contributed by atoms with van der Waals surface area (Å²) in [5.41, 5.74) is 3.36. The summed E-state index contributed by atoms with van der Waals surface area (Å²) in [6.07, 6.45) is 11.4. The van der Waals surface area contributed by atoms with Gasteiger partial charge in [-0.3, -0.25) is 14.5 Å². The third-order valence-electron chi connectivity index (χ3n) is 5.83. The van der Waals surface area contributed by atoms with Crippen molar-refractivity contribution in [1.29, 1.82) is 0 Å². The molecule has 1 amide bonds. The highest BCUT2D eigenvalue weighted by Crippen LogP contribution is 2.24. The van der Waals surface area contributed by atoms with Crippen LogP contribution in [-0.2, 0) is 6.54 Å². The molecule has 5 heterocycles. The lowest BCUT2D eigenvalue weighted by molar-refractivity contribution is 0.0593. The quantitative estimate of drug-likeness (QED) is 0.513. The highest BCUT2D eigenvalue weighted by Gasteiger charge is 2.27. The molecule has 1 aliphatic rings. The van der Waals surface area contributed by atoms with E-state index in [0.717, 1.165) is 49.3 Å². The van der Waals surface area contributed by atoms with E-state index in [1.54, 1.807) is 18.6 Å². The number of carbonyl (C=O) groups is 1. The lowest BCUT2D eigenvalue weighted by Gasteiger charge is -2.36. The molecule has 0 aliphatic carbocycles. The number of aryl methyl sites for hydroxylation is 1. The first-order chi connectivity index (χ1) is 14.8. The summed E-state index contributed by atoms with van der Waals surface area (Å²) >= 11 is 0. The normalized spacial score (nSPS) is 16.8. The predicted octanol–water partition coefficient (Wildman–Crippen LogP) is 3.68. The number of nitrogens with zero attached hydrogens (tertiary/aromatic N) is 6. The molecule has 1 fully saturated rings. The number of likely N-dealkylation sites (tertiary alicyclic amines) is 1. The maximum absolute atomic E-state index is 13.2. The van der Waals surface area contributed by atoms with Crippen LogP contribution in [0.4, 0.5) is 0 Å². The maximum Gasteiger partial charge on any atom is 0.255 e. The van der Waals surface area contributed by atoms with E-state index < -0.39 is 0 Å². The first-order valence-corrected chi connectivity index (χ1v) is 10.5. The predicted molar refractivity (Wildman–Crippen MR) is 114 cm³/mol. The van der Waals surface area contributed by atoms with Crippen LogP contribution in [-0.4, -0.2) is 47.8 Å². The molecule has 0 saturated carbocycles. The number of amides is 1. The van der Waals surface area contributed by atoms with E-state index >= 15 is 0 Å². The minimum atomic E-state index is 0.0662. The van der Waals surface area contributed by atoms with Gasteiger partial charge in [0.15, 0.2) is 0 Å². The van der Waals surface area contributed by atoms with Gasteiger partial charge < -0.3 is 4.90 Å². The first-order valence-electron chi connectivity index (χ1n) is 10.5. The molecule has 4 aromatic heterocycles. The van der Waals surface area contributed by atoms with Crippen molar-refractivity contribution in [1.82, 2.24) is 29.3 Å². The second-order valence-corrected chi connectivity index (χ2v) is 7.72. The van der Waals surface area contributed by atoms with Crippen LogP contribution in [0.25, 0.3) is 16.9 Å². The summed E-state index contributed by atoms with van der Waals surface area (Å²) < 4.78 is 3.79. The van der Waals surface area contributed by atoms with Gasteiger partial charge in [0.2, 0.25) is 0 Å². The summed E-state index contributed by atoms with van der Waals surface area (Å²) in [4.78, 5) is 19.8. The van der Waals surface area contributed by atoms with Crippen LogP contribution in [0.2, 0.25) is 0 Å². The van der Waals surface area contributed by atoms with Crippen molar-refractivity contribution in [2.24, 2.45) is 0 Å². The molecule has 1 saturated heterocycles. The van der Waals surface area contributed by atoms with Gasteiger partial charge in [-0.25, -0.2) is 4.52 Å². The van der Waals surface area contributed by atoms with Crippen LogP contribution in [0.15, 0.2) is 67.3 Å². The molecule has 152 valence electrons. The molecule has 1 unspecified atom stereocenters. The lowest BCUT2D eigenvalue weighted by Crippen LogP contribution is -2.44. The second kappa shape index (κ2) is 8.10. The van der Waals surface area contributed by atoms with Crippen molar-refractivity contribution in [3.63, 3.8) is 0 Å². The molecule has 0 N–H and O–H groups in total. The van der Waals surface area contributed by atoms with Crippen molar-refractivity contribution >= 4 is 11.4 Å². The highest BCUT2D eigenvalue weighted by atomic mass is 16.2. The highest BCUT2D eigenvalue weighted by molar-refractivity contribution is 5.94. The number of fused-ring (bicyclic) bond motifs is 1. The van der Waals surface area contributed by atoms with E-state index in [9.17, 15) is 4.79 Å². The van der Waals surface area contributed by atoms with E-state index in [1.165, 1.54) is 6.42 Å². The van der Waals surface area contributed by atoms with Crippen molar-refractivity contribution in [2.45, 2.75) is 38.3 Å². The van der Waals surface area contributed by atoms with E-state index in [-0.39, 0.29) is 11.9 Å². The van der Waals surface area contributed by atoms with Crippen molar-refractivity contribution in [3.05, 3.63) is 72.8 Å². The van der Waals surface area contributed by atoms with Crippen LogP contribution in [0.5, 0.6) is 0 Å². The number of carbonyl (C=O) groups excluding carboxylic acids is 1. The Morgan fingerprint density at radius 3 is 2.83 bits per heavy atom. The van der Waals surface area contributed by atoms with Gasteiger partial charge in [-0.1, -0.05) is 6.07 Å². The molecule has 0 bridgehead atoms. The van der Waals surface area contributed by atoms with E-state index in [1.807, 2.05) is 62.8 Å². The fraction of sp³-hybridized carbons (Fsp3) is 0.304. The molecular weight excluding hydrogens is 376 g/mol. The molecule has 0 spiro atoms. The number of pyridine rings is 2. The van der Waals surface area contributed by atoms with E-state index in [4.69, 9.17) is 0 Å². The summed E-state index contributed by atoms with van der Waals surface area (Å²) in [7, 11) is 0. The molecule has 0 aromatic carbocycles. The number of piperidine rings is 1. The molecule has 1 aliphatic heterocycles. The average Bonchev–Trinajstić information content (AvgIpc) is 3.49. The van der Waals surface area contributed by atoms with E-state index in [2.05, 4.69) is 15.2 Å². The van der Waals surface area contributed by atoms with Crippen molar-refractivity contribution in [2.75, 3.05) is 6.54 Å². The number of rotatable bonds is 5. The average molecular weight is 400 g/mol. The van der Waals surface area contributed by atoms with Crippen molar-refractivity contribution in [3.8, 4) is 11.4 Å². The summed E-state index contributed by atoms with van der Waals surface area (Å²) in [6, 6.07) is 13.9. The number of hydrogen-bond acceptors (Lipinski definition) is 4. The smallest absolute Gasteiger partial charge is 0.255 e. The van der Waals surface area contributed by atoms with Crippen LogP contribution in [0.3, 0.4) is 0 Å². The Morgan fingerprint density at radius 2 is 2.00 bits per heavy atom. The van der Waals surface area contributed by atoms with Gasteiger partial charge in [0.1, 0.15) is 0 Å². The van der Waals surface area contributed by atoms with Crippen LogP contribution >= 0.6 is 0 Å². The number of hydrogen-bond donors (Lipinski definition) is 0. The first kappa shape index (κ1) is 18.5. The van der Waals surface area contributed by atoms with Gasteiger partial charge in [0, 0.05) is 37.7 Å². The summed E-state index contributed by atoms with van der Waals surface area (Å²) in [6.45, 7) is 1.63. The van der Waals surface area contributed by atoms with Gasteiger partial charge in [-0.05, 0) is 62.1 Å². The third-order valence-corrected chi connectivity index (χ3v) is 5.83. The van der Waals surface area contributed by atoms with Crippen LogP contribution < -0.4 is 0 Å². The van der Waals surface area contributed by atoms with Gasteiger partial charge in [0.05, 0.1) is 28.7 Å².